The van der Waals surface area contributed by atoms with Crippen LogP contribution in [0.15, 0.2) is 24.4 Å². The monoisotopic (exact) mass is 144 g/mol. The molecule has 0 aromatic heterocycles. The zero-order valence-corrected chi connectivity index (χ0v) is 4.57. The van der Waals surface area contributed by atoms with E-state index in [2.05, 4.69) is 17.2 Å². The standard InChI is InChI=1S/C5H5FN2O.CH4/c1-3-7-2-4(6)5(9)8-3;/h2,7H,1H2,(H,8,9);1H4. The fourth-order valence-corrected chi connectivity index (χ4v) is 0.449. The van der Waals surface area contributed by atoms with Gasteiger partial charge in [0.05, 0.1) is 0 Å². The van der Waals surface area contributed by atoms with E-state index in [-0.39, 0.29) is 7.43 Å². The van der Waals surface area contributed by atoms with Crippen LogP contribution in [0.5, 0.6) is 0 Å². The molecule has 1 aliphatic heterocycles. The Morgan fingerprint density at radius 2 is 2.20 bits per heavy atom. The van der Waals surface area contributed by atoms with Crippen LogP contribution >= 0.6 is 0 Å². The number of carbonyl (C=O) groups is 1. The molecule has 0 radical (unpaired) electrons. The van der Waals surface area contributed by atoms with Gasteiger partial charge in [-0.1, -0.05) is 14.0 Å². The number of halogens is 1. The Hall–Kier alpha value is -1.32. The van der Waals surface area contributed by atoms with E-state index in [0.717, 1.165) is 6.20 Å². The van der Waals surface area contributed by atoms with Gasteiger partial charge in [0.1, 0.15) is 5.82 Å². The van der Waals surface area contributed by atoms with Gasteiger partial charge in [-0.25, -0.2) is 0 Å². The quantitative estimate of drug-likeness (QED) is 0.523. The van der Waals surface area contributed by atoms with Gasteiger partial charge in [0.25, 0.3) is 5.91 Å². The van der Waals surface area contributed by atoms with Gasteiger partial charge in [-0.05, 0) is 0 Å². The van der Waals surface area contributed by atoms with Crippen LogP contribution in [0.3, 0.4) is 0 Å². The van der Waals surface area contributed by atoms with Crippen LogP contribution in [0.1, 0.15) is 7.43 Å². The first-order valence-corrected chi connectivity index (χ1v) is 2.32. The third-order valence-electron chi connectivity index (χ3n) is 0.854. The summed E-state index contributed by atoms with van der Waals surface area (Å²) < 4.78 is 12.1. The summed E-state index contributed by atoms with van der Waals surface area (Å²) in [6.45, 7) is 3.34. The molecule has 1 amide bonds. The molecule has 10 heavy (non-hydrogen) atoms. The maximum atomic E-state index is 12.1. The fraction of sp³-hybridized carbons (Fsp3) is 0.167. The molecule has 0 fully saturated rings. The Kier molecular flexibility index (Phi) is 2.61. The smallest absolute Gasteiger partial charge is 0.287 e. The molecule has 0 aliphatic carbocycles. The molecule has 0 atom stereocenters. The normalized spacial score (nSPS) is 16.3. The minimum absolute atomic E-state index is 0. The molecule has 0 spiro atoms. The predicted octanol–water partition coefficient (Wildman–Crippen LogP) is 0.624. The Morgan fingerprint density at radius 1 is 1.60 bits per heavy atom. The van der Waals surface area contributed by atoms with Crippen LogP contribution in [-0.4, -0.2) is 5.91 Å². The molecule has 0 saturated carbocycles. The molecule has 1 heterocycles. The Labute approximate surface area is 58.6 Å². The van der Waals surface area contributed by atoms with Gasteiger partial charge in [0.15, 0.2) is 0 Å². The van der Waals surface area contributed by atoms with E-state index < -0.39 is 11.7 Å². The summed E-state index contributed by atoms with van der Waals surface area (Å²) in [4.78, 5) is 10.3. The molecular formula is C6H9FN2O. The maximum Gasteiger partial charge on any atom is 0.287 e. The summed E-state index contributed by atoms with van der Waals surface area (Å²) in [7, 11) is 0. The number of nitrogens with one attached hydrogen (secondary N) is 2. The first-order chi connectivity index (χ1) is 4.20. The molecule has 0 saturated heterocycles. The topological polar surface area (TPSA) is 41.1 Å². The molecule has 1 aliphatic rings. The van der Waals surface area contributed by atoms with Crippen LogP contribution in [0.2, 0.25) is 0 Å². The third kappa shape index (κ3) is 1.58. The van der Waals surface area contributed by atoms with Gasteiger partial charge in [0, 0.05) is 6.20 Å². The lowest BCUT2D eigenvalue weighted by Gasteiger charge is -2.11. The maximum absolute atomic E-state index is 12.1. The largest absolute Gasteiger partial charge is 0.346 e. The van der Waals surface area contributed by atoms with Crippen molar-refractivity contribution in [1.82, 2.24) is 10.6 Å². The molecule has 3 nitrogen and oxygen atoms in total. The lowest BCUT2D eigenvalue weighted by atomic mass is 10.4. The molecule has 1 rings (SSSR count). The fourth-order valence-electron chi connectivity index (χ4n) is 0.449. The number of hydrogen-bond donors (Lipinski definition) is 2. The highest BCUT2D eigenvalue weighted by atomic mass is 19.1. The van der Waals surface area contributed by atoms with E-state index in [1.165, 1.54) is 0 Å². The second-order valence-corrected chi connectivity index (χ2v) is 1.57. The van der Waals surface area contributed by atoms with Gasteiger partial charge >= 0.3 is 0 Å². The highest BCUT2D eigenvalue weighted by Gasteiger charge is 2.12. The zero-order valence-electron chi connectivity index (χ0n) is 4.57. The first kappa shape index (κ1) is 8.68. The Morgan fingerprint density at radius 3 is 2.60 bits per heavy atom. The third-order valence-corrected chi connectivity index (χ3v) is 0.854. The summed E-state index contributed by atoms with van der Waals surface area (Å²) in [6.07, 6.45) is 0.959. The SMILES string of the molecule is C.C=C1NC=C(F)C(=O)N1. The van der Waals surface area contributed by atoms with Crippen molar-refractivity contribution in [1.29, 1.82) is 0 Å². The van der Waals surface area contributed by atoms with E-state index in [1.807, 2.05) is 0 Å². The number of carbonyl (C=O) groups excluding carboxylic acids is 1. The highest BCUT2D eigenvalue weighted by molar-refractivity contribution is 5.93. The zero-order chi connectivity index (χ0) is 6.85. The Bertz CT molecular complexity index is 198. The lowest BCUT2D eigenvalue weighted by Crippen LogP contribution is -2.33. The van der Waals surface area contributed by atoms with Crippen molar-refractivity contribution in [3.8, 4) is 0 Å². The molecule has 0 aromatic carbocycles. The average molecular weight is 144 g/mol. The van der Waals surface area contributed by atoms with Crippen molar-refractivity contribution in [2.75, 3.05) is 0 Å². The second-order valence-electron chi connectivity index (χ2n) is 1.57. The van der Waals surface area contributed by atoms with Gasteiger partial charge in [-0.15, -0.1) is 0 Å². The van der Waals surface area contributed by atoms with Crippen molar-refractivity contribution >= 4 is 5.91 Å². The number of hydrogen-bond acceptors (Lipinski definition) is 2. The molecule has 4 heteroatoms. The van der Waals surface area contributed by atoms with Crippen molar-refractivity contribution in [3.63, 3.8) is 0 Å². The summed E-state index contributed by atoms with van der Waals surface area (Å²) in [5.74, 6) is -1.29. The second kappa shape index (κ2) is 3.00. The minimum atomic E-state index is -0.831. The van der Waals surface area contributed by atoms with Crippen molar-refractivity contribution in [2.24, 2.45) is 0 Å². The average Bonchev–Trinajstić information content (AvgIpc) is 1.80. The van der Waals surface area contributed by atoms with E-state index >= 15 is 0 Å². The summed E-state index contributed by atoms with van der Waals surface area (Å²) >= 11 is 0. The van der Waals surface area contributed by atoms with Crippen LogP contribution in [0.25, 0.3) is 0 Å². The number of rotatable bonds is 0. The lowest BCUT2D eigenvalue weighted by molar-refractivity contribution is -0.118. The van der Waals surface area contributed by atoms with Gasteiger partial charge in [-0.3, -0.25) is 4.79 Å². The first-order valence-electron chi connectivity index (χ1n) is 2.32. The highest BCUT2D eigenvalue weighted by Crippen LogP contribution is 1.99. The van der Waals surface area contributed by atoms with Crippen molar-refractivity contribution in [3.05, 3.63) is 24.4 Å². The van der Waals surface area contributed by atoms with Gasteiger partial charge in [-0.2, -0.15) is 4.39 Å². The minimum Gasteiger partial charge on any atom is -0.346 e. The van der Waals surface area contributed by atoms with Crippen LogP contribution in [0.4, 0.5) is 4.39 Å². The molecule has 2 N–H and O–H groups in total. The van der Waals surface area contributed by atoms with Crippen LogP contribution in [0, 0.1) is 0 Å². The number of amides is 1. The molecule has 0 bridgehead atoms. The predicted molar refractivity (Wildman–Crippen MR) is 36.3 cm³/mol. The van der Waals surface area contributed by atoms with Crippen molar-refractivity contribution < 1.29 is 9.18 Å². The summed E-state index contributed by atoms with van der Waals surface area (Å²) in [6, 6.07) is 0. The van der Waals surface area contributed by atoms with Gasteiger partial charge in [0.2, 0.25) is 5.83 Å². The molecular weight excluding hydrogens is 135 g/mol. The van der Waals surface area contributed by atoms with E-state index in [4.69, 9.17) is 0 Å². The molecule has 0 unspecified atom stereocenters. The van der Waals surface area contributed by atoms with E-state index in [9.17, 15) is 9.18 Å². The van der Waals surface area contributed by atoms with Gasteiger partial charge < -0.3 is 10.6 Å². The molecule has 0 aromatic rings. The summed E-state index contributed by atoms with van der Waals surface area (Å²) in [5.41, 5.74) is 0. The van der Waals surface area contributed by atoms with Crippen LogP contribution < -0.4 is 10.6 Å². The van der Waals surface area contributed by atoms with Crippen molar-refractivity contribution in [2.45, 2.75) is 7.43 Å². The Balaban J connectivity index is 0.000000810. The van der Waals surface area contributed by atoms with E-state index in [0.29, 0.717) is 5.82 Å². The van der Waals surface area contributed by atoms with Crippen LogP contribution in [-0.2, 0) is 4.79 Å². The van der Waals surface area contributed by atoms with E-state index in [1.54, 1.807) is 0 Å². The molecule has 56 valence electrons. The summed E-state index contributed by atoms with van der Waals surface area (Å²) in [5, 5.41) is 4.54.